The summed E-state index contributed by atoms with van der Waals surface area (Å²) < 4.78 is 29.2. The Labute approximate surface area is 275 Å². The molecule has 0 bridgehead atoms. The molecule has 0 aliphatic rings. The number of anilines is 1. The lowest BCUT2D eigenvalue weighted by Crippen LogP contribution is -2.53. The van der Waals surface area contributed by atoms with Crippen LogP contribution in [0.2, 0.25) is 10.0 Å². The number of nitrogens with zero attached hydrogens (tertiary/aromatic N) is 2. The predicted molar refractivity (Wildman–Crippen MR) is 181 cm³/mol. The van der Waals surface area contributed by atoms with Crippen LogP contribution in [-0.4, -0.2) is 44.3 Å². The maximum atomic E-state index is 14.5. The van der Waals surface area contributed by atoms with Gasteiger partial charge in [0, 0.05) is 29.6 Å². The van der Waals surface area contributed by atoms with E-state index in [2.05, 4.69) is 5.32 Å². The molecule has 1 N–H and O–H groups in total. The summed E-state index contributed by atoms with van der Waals surface area (Å²) in [5.41, 5.74) is 2.78. The molecule has 0 saturated carbocycles. The molecule has 0 heterocycles. The van der Waals surface area contributed by atoms with Crippen molar-refractivity contribution in [3.63, 3.8) is 0 Å². The highest BCUT2D eigenvalue weighted by Crippen LogP contribution is 2.27. The Hall–Kier alpha value is -3.85. The zero-order valence-corrected chi connectivity index (χ0v) is 27.7. The van der Waals surface area contributed by atoms with Crippen molar-refractivity contribution in [2.45, 2.75) is 50.6 Å². The number of amides is 2. The minimum Gasteiger partial charge on any atom is -0.354 e. The van der Waals surface area contributed by atoms with Crippen molar-refractivity contribution in [3.8, 4) is 0 Å². The van der Waals surface area contributed by atoms with Crippen LogP contribution in [0.25, 0.3) is 0 Å². The summed E-state index contributed by atoms with van der Waals surface area (Å²) in [7, 11) is -4.17. The topological polar surface area (TPSA) is 86.8 Å². The molecular weight excluding hydrogens is 629 g/mol. The van der Waals surface area contributed by atoms with Gasteiger partial charge in [0.25, 0.3) is 10.0 Å². The second-order valence-electron chi connectivity index (χ2n) is 10.6. The number of hydrogen-bond acceptors (Lipinski definition) is 4. The number of nitrogens with one attached hydrogen (secondary N) is 1. The zero-order chi connectivity index (χ0) is 32.4. The van der Waals surface area contributed by atoms with E-state index >= 15 is 0 Å². The van der Waals surface area contributed by atoms with Crippen molar-refractivity contribution in [1.29, 1.82) is 0 Å². The number of carbonyl (C=O) groups is 2. The highest BCUT2D eigenvalue weighted by Gasteiger charge is 2.34. The Morgan fingerprint density at radius 3 is 2.07 bits per heavy atom. The van der Waals surface area contributed by atoms with Gasteiger partial charge in [-0.1, -0.05) is 104 Å². The molecule has 45 heavy (non-hydrogen) atoms. The van der Waals surface area contributed by atoms with Gasteiger partial charge >= 0.3 is 0 Å². The molecule has 0 spiro atoms. The fourth-order valence-corrected chi connectivity index (χ4v) is 6.80. The first-order valence-electron chi connectivity index (χ1n) is 14.9. The number of sulfonamides is 1. The predicted octanol–water partition coefficient (Wildman–Crippen LogP) is 6.92. The lowest BCUT2D eigenvalue weighted by Gasteiger charge is -2.34. The molecule has 0 saturated heterocycles. The molecular formula is C35H37Cl2N3O4S. The van der Waals surface area contributed by atoms with Crippen LogP contribution in [0.1, 0.15) is 37.0 Å². The van der Waals surface area contributed by atoms with Crippen LogP contribution in [0.4, 0.5) is 5.69 Å². The van der Waals surface area contributed by atoms with Crippen LogP contribution in [0, 0.1) is 0 Å². The Morgan fingerprint density at radius 1 is 0.822 bits per heavy atom. The van der Waals surface area contributed by atoms with Gasteiger partial charge in [0.2, 0.25) is 11.8 Å². The Balaban J connectivity index is 1.81. The van der Waals surface area contributed by atoms with Crippen LogP contribution >= 0.6 is 23.2 Å². The summed E-state index contributed by atoms with van der Waals surface area (Å²) >= 11 is 12.7. The minimum absolute atomic E-state index is 0.0418. The molecule has 4 aromatic carbocycles. The third-order valence-corrected chi connectivity index (χ3v) is 9.79. The highest BCUT2D eigenvalue weighted by molar-refractivity contribution is 7.92. The smallest absolute Gasteiger partial charge is 0.264 e. The monoisotopic (exact) mass is 665 g/mol. The summed E-state index contributed by atoms with van der Waals surface area (Å²) in [6.07, 6.45) is 1.69. The third kappa shape index (κ3) is 8.87. The molecule has 4 rings (SSSR count). The average Bonchev–Trinajstić information content (AvgIpc) is 3.05. The first-order valence-corrected chi connectivity index (χ1v) is 17.0. The lowest BCUT2D eigenvalue weighted by atomic mass is 10.0. The first-order chi connectivity index (χ1) is 21.6. The maximum absolute atomic E-state index is 14.5. The van der Waals surface area contributed by atoms with Gasteiger partial charge in [-0.05, 0) is 65.9 Å². The number of carbonyl (C=O) groups excluding carboxylic acids is 2. The van der Waals surface area contributed by atoms with E-state index in [1.165, 1.54) is 17.0 Å². The Morgan fingerprint density at radius 2 is 1.47 bits per heavy atom. The second kappa shape index (κ2) is 15.9. The quantitative estimate of drug-likeness (QED) is 0.158. The van der Waals surface area contributed by atoms with Gasteiger partial charge in [-0.15, -0.1) is 0 Å². The van der Waals surface area contributed by atoms with E-state index < -0.39 is 28.5 Å². The van der Waals surface area contributed by atoms with Crippen molar-refractivity contribution in [3.05, 3.63) is 130 Å². The van der Waals surface area contributed by atoms with Crippen molar-refractivity contribution in [1.82, 2.24) is 10.2 Å². The van der Waals surface area contributed by atoms with Gasteiger partial charge in [-0.2, -0.15) is 0 Å². The van der Waals surface area contributed by atoms with Crippen molar-refractivity contribution in [2.75, 3.05) is 17.4 Å². The number of benzene rings is 4. The largest absolute Gasteiger partial charge is 0.354 e. The summed E-state index contributed by atoms with van der Waals surface area (Å²) in [6, 6.07) is 28.4. The van der Waals surface area contributed by atoms with Gasteiger partial charge in [0.05, 0.1) is 10.6 Å². The molecule has 0 aliphatic heterocycles. The van der Waals surface area contributed by atoms with E-state index in [-0.39, 0.29) is 23.8 Å². The fraction of sp³-hybridized carbons (Fsp3) is 0.257. The third-order valence-electron chi connectivity index (χ3n) is 7.42. The molecule has 7 nitrogen and oxygen atoms in total. The summed E-state index contributed by atoms with van der Waals surface area (Å²) in [5.74, 6) is -0.906. The van der Waals surface area contributed by atoms with Crippen molar-refractivity contribution in [2.24, 2.45) is 0 Å². The number of aryl methyl sites for hydroxylation is 1. The average molecular weight is 667 g/mol. The van der Waals surface area contributed by atoms with E-state index in [9.17, 15) is 18.0 Å². The van der Waals surface area contributed by atoms with E-state index in [0.717, 1.165) is 21.9 Å². The summed E-state index contributed by atoms with van der Waals surface area (Å²) in [6.45, 7) is 3.79. The van der Waals surface area contributed by atoms with Crippen LogP contribution in [0.3, 0.4) is 0 Å². The zero-order valence-electron chi connectivity index (χ0n) is 25.3. The van der Waals surface area contributed by atoms with E-state index in [0.29, 0.717) is 34.3 Å². The SMILES string of the molecule is CCCNC(=O)C(Cc1ccccc1)N(Cc1ccc(Cl)cc1Cl)C(=O)CN(c1ccc(CC)cc1)S(=O)(=O)c1ccccc1. The summed E-state index contributed by atoms with van der Waals surface area (Å²) in [5, 5.41) is 3.69. The van der Waals surface area contributed by atoms with Crippen LogP contribution in [0.5, 0.6) is 0 Å². The van der Waals surface area contributed by atoms with Gasteiger partial charge in [0.15, 0.2) is 0 Å². The molecule has 1 unspecified atom stereocenters. The maximum Gasteiger partial charge on any atom is 0.264 e. The molecule has 10 heteroatoms. The van der Waals surface area contributed by atoms with Crippen LogP contribution < -0.4 is 9.62 Å². The van der Waals surface area contributed by atoms with Crippen molar-refractivity contribution >= 4 is 50.7 Å². The van der Waals surface area contributed by atoms with Gasteiger partial charge in [-0.3, -0.25) is 13.9 Å². The van der Waals surface area contributed by atoms with Crippen LogP contribution in [-0.2, 0) is 39.0 Å². The number of halogens is 2. The Bertz CT molecular complexity index is 1690. The second-order valence-corrected chi connectivity index (χ2v) is 13.3. The molecule has 2 amide bonds. The van der Waals surface area contributed by atoms with Gasteiger partial charge < -0.3 is 10.2 Å². The van der Waals surface area contributed by atoms with E-state index in [1.807, 2.05) is 56.3 Å². The van der Waals surface area contributed by atoms with E-state index in [4.69, 9.17) is 23.2 Å². The molecule has 4 aromatic rings. The molecule has 236 valence electrons. The van der Waals surface area contributed by atoms with E-state index in [1.54, 1.807) is 48.5 Å². The van der Waals surface area contributed by atoms with Crippen LogP contribution in [0.15, 0.2) is 108 Å². The molecule has 0 fully saturated rings. The Kier molecular flexibility index (Phi) is 12.0. The first kappa shape index (κ1) is 34.0. The van der Waals surface area contributed by atoms with Crippen molar-refractivity contribution < 1.29 is 18.0 Å². The molecule has 0 radical (unpaired) electrons. The normalized spacial score (nSPS) is 11.9. The van der Waals surface area contributed by atoms with Gasteiger partial charge in [-0.25, -0.2) is 8.42 Å². The standard InChI is InChI=1S/C35H37Cl2N3O4S/c1-3-21-38-35(42)33(22-27-11-7-5-8-12-27)39(24-28-17-18-29(36)23-32(28)37)34(41)25-40(30-19-15-26(4-2)16-20-30)45(43,44)31-13-9-6-10-14-31/h5-20,23,33H,3-4,21-22,24-25H2,1-2H3,(H,38,42). The summed E-state index contributed by atoms with van der Waals surface area (Å²) in [4.78, 5) is 29.7. The molecule has 0 aliphatic carbocycles. The lowest BCUT2D eigenvalue weighted by molar-refractivity contribution is -0.140. The minimum atomic E-state index is -4.17. The van der Waals surface area contributed by atoms with Gasteiger partial charge in [0.1, 0.15) is 12.6 Å². The highest BCUT2D eigenvalue weighted by atomic mass is 35.5. The fourth-order valence-electron chi connectivity index (χ4n) is 4.90. The number of rotatable bonds is 14. The number of hydrogen-bond donors (Lipinski definition) is 1. The molecule has 0 aromatic heterocycles. The molecule has 1 atom stereocenters.